The SMILES string of the molecule is COc1cccc(CN2CC(CCl)OCC2C)c1F. The molecule has 0 radical (unpaired) electrons. The molecule has 106 valence electrons. The zero-order valence-corrected chi connectivity index (χ0v) is 12.0. The quantitative estimate of drug-likeness (QED) is 0.795. The largest absolute Gasteiger partial charge is 0.494 e. The Morgan fingerprint density at radius 1 is 1.53 bits per heavy atom. The van der Waals surface area contributed by atoms with Crippen LogP contribution in [0.5, 0.6) is 5.75 Å². The molecule has 0 aliphatic carbocycles. The molecule has 1 aliphatic heterocycles. The molecule has 0 aromatic heterocycles. The first-order valence-electron chi connectivity index (χ1n) is 6.38. The standard InChI is InChI=1S/C14H19ClFNO2/c1-10-9-19-12(6-15)8-17(10)7-11-4-3-5-13(18-2)14(11)16/h3-5,10,12H,6-9H2,1-2H3. The van der Waals surface area contributed by atoms with Gasteiger partial charge in [0.15, 0.2) is 11.6 Å². The molecular formula is C14H19ClFNO2. The fraction of sp³-hybridized carbons (Fsp3) is 0.571. The van der Waals surface area contributed by atoms with Crippen molar-refractivity contribution in [3.63, 3.8) is 0 Å². The van der Waals surface area contributed by atoms with Crippen molar-refractivity contribution in [2.24, 2.45) is 0 Å². The summed E-state index contributed by atoms with van der Waals surface area (Å²) in [5.74, 6) is 0.461. The molecule has 5 heteroatoms. The number of rotatable bonds is 4. The van der Waals surface area contributed by atoms with Gasteiger partial charge in [-0.3, -0.25) is 4.90 Å². The summed E-state index contributed by atoms with van der Waals surface area (Å²) in [6.07, 6.45) is 0.0199. The molecule has 0 spiro atoms. The average Bonchev–Trinajstić information content (AvgIpc) is 2.43. The number of nitrogens with zero attached hydrogens (tertiary/aromatic N) is 1. The Morgan fingerprint density at radius 3 is 3.00 bits per heavy atom. The second-order valence-corrected chi connectivity index (χ2v) is 5.13. The van der Waals surface area contributed by atoms with Gasteiger partial charge >= 0.3 is 0 Å². The Kier molecular flexibility index (Phi) is 5.02. The zero-order chi connectivity index (χ0) is 13.8. The van der Waals surface area contributed by atoms with E-state index >= 15 is 0 Å². The topological polar surface area (TPSA) is 21.7 Å². The predicted molar refractivity (Wildman–Crippen MR) is 73.3 cm³/mol. The summed E-state index contributed by atoms with van der Waals surface area (Å²) < 4.78 is 24.7. The van der Waals surface area contributed by atoms with Gasteiger partial charge in [-0.25, -0.2) is 4.39 Å². The fourth-order valence-electron chi connectivity index (χ4n) is 2.24. The fourth-order valence-corrected chi connectivity index (χ4v) is 2.43. The van der Waals surface area contributed by atoms with E-state index in [0.29, 0.717) is 24.6 Å². The van der Waals surface area contributed by atoms with E-state index in [0.717, 1.165) is 6.54 Å². The van der Waals surface area contributed by atoms with Crippen molar-refractivity contribution in [1.29, 1.82) is 0 Å². The highest BCUT2D eigenvalue weighted by Crippen LogP contribution is 2.23. The summed E-state index contributed by atoms with van der Waals surface area (Å²) in [5.41, 5.74) is 0.640. The van der Waals surface area contributed by atoms with Crippen LogP contribution in [0.1, 0.15) is 12.5 Å². The van der Waals surface area contributed by atoms with Crippen LogP contribution in [-0.2, 0) is 11.3 Å². The van der Waals surface area contributed by atoms with Crippen molar-refractivity contribution < 1.29 is 13.9 Å². The third kappa shape index (κ3) is 3.38. The van der Waals surface area contributed by atoms with E-state index in [4.69, 9.17) is 21.1 Å². The van der Waals surface area contributed by atoms with Crippen molar-refractivity contribution in [2.75, 3.05) is 26.1 Å². The van der Waals surface area contributed by atoms with Crippen LogP contribution in [-0.4, -0.2) is 43.2 Å². The normalized spacial score (nSPS) is 24.4. The summed E-state index contributed by atoms with van der Waals surface area (Å²) in [6, 6.07) is 5.48. The maximum Gasteiger partial charge on any atom is 0.169 e. The summed E-state index contributed by atoms with van der Waals surface area (Å²) in [5, 5.41) is 0. The zero-order valence-electron chi connectivity index (χ0n) is 11.2. The van der Waals surface area contributed by atoms with Crippen molar-refractivity contribution in [2.45, 2.75) is 25.6 Å². The number of alkyl halides is 1. The predicted octanol–water partition coefficient (Wildman–Crippen LogP) is 2.66. The maximum absolute atomic E-state index is 14.1. The highest BCUT2D eigenvalue weighted by molar-refractivity contribution is 6.18. The van der Waals surface area contributed by atoms with Crippen molar-refractivity contribution in [3.05, 3.63) is 29.6 Å². The van der Waals surface area contributed by atoms with Crippen LogP contribution in [0.15, 0.2) is 18.2 Å². The van der Waals surface area contributed by atoms with Gasteiger partial charge < -0.3 is 9.47 Å². The van der Waals surface area contributed by atoms with Gasteiger partial charge in [0.1, 0.15) is 0 Å². The van der Waals surface area contributed by atoms with Crippen LogP contribution in [0, 0.1) is 5.82 Å². The first-order chi connectivity index (χ1) is 9.15. The number of methoxy groups -OCH3 is 1. The molecule has 0 saturated carbocycles. The van der Waals surface area contributed by atoms with E-state index in [-0.39, 0.29) is 23.7 Å². The average molecular weight is 288 g/mol. The lowest BCUT2D eigenvalue weighted by atomic mass is 10.1. The Balaban J connectivity index is 2.11. The third-order valence-electron chi connectivity index (χ3n) is 3.44. The minimum Gasteiger partial charge on any atom is -0.494 e. The monoisotopic (exact) mass is 287 g/mol. The van der Waals surface area contributed by atoms with Gasteiger partial charge in [0.05, 0.1) is 19.8 Å². The first kappa shape index (κ1) is 14.6. The molecule has 0 amide bonds. The maximum atomic E-state index is 14.1. The molecule has 1 saturated heterocycles. The smallest absolute Gasteiger partial charge is 0.169 e. The van der Waals surface area contributed by atoms with Gasteiger partial charge in [-0.2, -0.15) is 0 Å². The van der Waals surface area contributed by atoms with Gasteiger partial charge in [-0.15, -0.1) is 11.6 Å². The number of benzene rings is 1. The van der Waals surface area contributed by atoms with E-state index in [1.165, 1.54) is 7.11 Å². The van der Waals surface area contributed by atoms with E-state index in [9.17, 15) is 4.39 Å². The summed E-state index contributed by atoms with van der Waals surface area (Å²) in [6.45, 7) is 3.97. The minimum atomic E-state index is -0.286. The molecule has 2 atom stereocenters. The lowest BCUT2D eigenvalue weighted by Crippen LogP contribution is -2.48. The molecule has 19 heavy (non-hydrogen) atoms. The minimum absolute atomic E-state index is 0.0199. The van der Waals surface area contributed by atoms with Crippen molar-refractivity contribution in [3.8, 4) is 5.75 Å². The van der Waals surface area contributed by atoms with Crippen LogP contribution in [0.3, 0.4) is 0 Å². The highest BCUT2D eigenvalue weighted by atomic mass is 35.5. The Bertz CT molecular complexity index is 430. The number of morpholine rings is 1. The molecule has 1 fully saturated rings. The number of hydrogen-bond acceptors (Lipinski definition) is 3. The van der Waals surface area contributed by atoms with Crippen LogP contribution < -0.4 is 4.74 Å². The molecule has 0 bridgehead atoms. The van der Waals surface area contributed by atoms with Gasteiger partial charge in [0.2, 0.25) is 0 Å². The van der Waals surface area contributed by atoms with Crippen LogP contribution in [0.2, 0.25) is 0 Å². The molecule has 1 aromatic carbocycles. The first-order valence-corrected chi connectivity index (χ1v) is 6.92. The molecule has 2 rings (SSSR count). The number of hydrogen-bond donors (Lipinski definition) is 0. The summed E-state index contributed by atoms with van der Waals surface area (Å²) >= 11 is 5.83. The molecular weight excluding hydrogens is 269 g/mol. The molecule has 1 aliphatic rings. The Morgan fingerprint density at radius 2 is 2.32 bits per heavy atom. The molecule has 3 nitrogen and oxygen atoms in total. The van der Waals surface area contributed by atoms with Gasteiger partial charge in [-0.1, -0.05) is 12.1 Å². The van der Waals surface area contributed by atoms with E-state index in [1.807, 2.05) is 0 Å². The highest BCUT2D eigenvalue weighted by Gasteiger charge is 2.26. The van der Waals surface area contributed by atoms with Crippen molar-refractivity contribution in [1.82, 2.24) is 4.90 Å². The number of ether oxygens (including phenoxy) is 2. The second-order valence-electron chi connectivity index (χ2n) is 4.82. The Hall–Kier alpha value is -0.840. The lowest BCUT2D eigenvalue weighted by molar-refractivity contribution is -0.0514. The van der Waals surface area contributed by atoms with E-state index < -0.39 is 0 Å². The molecule has 1 aromatic rings. The Labute approximate surface area is 118 Å². The van der Waals surface area contributed by atoms with E-state index in [1.54, 1.807) is 18.2 Å². The molecule has 1 heterocycles. The van der Waals surface area contributed by atoms with Gasteiger partial charge in [0.25, 0.3) is 0 Å². The molecule has 0 N–H and O–H groups in total. The van der Waals surface area contributed by atoms with Crippen LogP contribution in [0.4, 0.5) is 4.39 Å². The molecule has 2 unspecified atom stereocenters. The third-order valence-corrected chi connectivity index (χ3v) is 3.79. The van der Waals surface area contributed by atoms with Gasteiger partial charge in [0, 0.05) is 30.6 Å². The lowest BCUT2D eigenvalue weighted by Gasteiger charge is -2.37. The van der Waals surface area contributed by atoms with E-state index in [2.05, 4.69) is 11.8 Å². The van der Waals surface area contributed by atoms with Crippen molar-refractivity contribution >= 4 is 11.6 Å². The second kappa shape index (κ2) is 6.55. The summed E-state index contributed by atoms with van der Waals surface area (Å²) in [7, 11) is 1.48. The van der Waals surface area contributed by atoms with Gasteiger partial charge in [-0.05, 0) is 13.0 Å². The van der Waals surface area contributed by atoms with Crippen LogP contribution >= 0.6 is 11.6 Å². The number of halogens is 2. The van der Waals surface area contributed by atoms with Crippen LogP contribution in [0.25, 0.3) is 0 Å². The summed E-state index contributed by atoms with van der Waals surface area (Å²) in [4.78, 5) is 2.19.